The van der Waals surface area contributed by atoms with E-state index >= 15 is 0 Å². The first-order valence-electron chi connectivity index (χ1n) is 7.10. The van der Waals surface area contributed by atoms with E-state index in [1.54, 1.807) is 11.8 Å². The highest BCUT2D eigenvalue weighted by molar-refractivity contribution is 6.28. The quantitative estimate of drug-likeness (QED) is 0.331. The number of ether oxygens (including phenoxy) is 2. The van der Waals surface area contributed by atoms with Gasteiger partial charge in [-0.25, -0.2) is 9.78 Å². The van der Waals surface area contributed by atoms with E-state index in [1.165, 1.54) is 7.11 Å². The summed E-state index contributed by atoms with van der Waals surface area (Å²) in [6, 6.07) is -0.958. The van der Waals surface area contributed by atoms with Crippen LogP contribution in [0, 0.1) is 10.1 Å². The lowest BCUT2D eigenvalue weighted by Crippen LogP contribution is -2.49. The Balaban J connectivity index is 2.55. The molecule has 1 aromatic heterocycles. The highest BCUT2D eigenvalue weighted by Gasteiger charge is 2.38. The average Bonchev–Trinajstić information content (AvgIpc) is 3.05. The third-order valence-electron chi connectivity index (χ3n) is 3.66. The summed E-state index contributed by atoms with van der Waals surface area (Å²) in [6.45, 7) is 2.64. The second-order valence-electron chi connectivity index (χ2n) is 4.98. The molecule has 0 bridgehead atoms. The van der Waals surface area contributed by atoms with Crippen molar-refractivity contribution >= 4 is 29.1 Å². The fourth-order valence-corrected chi connectivity index (χ4v) is 2.72. The Morgan fingerprint density at radius 2 is 2.43 bits per heavy atom. The predicted octanol–water partition coefficient (Wildman–Crippen LogP) is 1.59. The number of esters is 1. The lowest BCUT2D eigenvalue weighted by molar-refractivity contribution is -0.384. The number of halogens is 1. The Morgan fingerprint density at radius 3 is 2.96 bits per heavy atom. The fourth-order valence-electron chi connectivity index (χ4n) is 2.59. The summed E-state index contributed by atoms with van der Waals surface area (Å²) in [5.41, 5.74) is -0.316. The third kappa shape index (κ3) is 3.67. The molecule has 23 heavy (non-hydrogen) atoms. The van der Waals surface area contributed by atoms with Crippen LogP contribution in [-0.4, -0.2) is 53.3 Å². The molecular formula is C13H17ClN4O5. The molecule has 9 nitrogen and oxygen atoms in total. The lowest BCUT2D eigenvalue weighted by Gasteiger charge is -2.34. The van der Waals surface area contributed by atoms with Gasteiger partial charge in [0.05, 0.1) is 24.7 Å². The molecule has 2 heterocycles. The first kappa shape index (κ1) is 17.4. The van der Waals surface area contributed by atoms with Crippen molar-refractivity contribution in [3.63, 3.8) is 0 Å². The largest absolute Gasteiger partial charge is 0.467 e. The molecule has 0 aromatic carbocycles. The zero-order valence-corrected chi connectivity index (χ0v) is 13.5. The molecule has 0 N–H and O–H groups in total. The number of nitro groups is 1. The van der Waals surface area contributed by atoms with Crippen LogP contribution in [0.25, 0.3) is 0 Å². The van der Waals surface area contributed by atoms with Gasteiger partial charge in [0.15, 0.2) is 0 Å². The lowest BCUT2D eigenvalue weighted by atomic mass is 10.1. The zero-order valence-electron chi connectivity index (χ0n) is 12.8. The van der Waals surface area contributed by atoms with Gasteiger partial charge in [-0.3, -0.25) is 10.1 Å². The SMILES string of the molecule is CC[C@H](C(=O)OC)N(c1nc(Cl)ncc1[N+](=O)[O-])[C@H]1CCOC1. The molecule has 10 heteroatoms. The normalized spacial score (nSPS) is 18.5. The standard InChI is InChI=1S/C13H17ClN4O5/c1-3-9(12(19)22-2)17(8-4-5-23-7-8)11-10(18(20)21)6-15-13(14)16-11/h6,8-9H,3-5,7H2,1-2H3/t8-,9+/m0/s1. The molecule has 0 saturated carbocycles. The molecular weight excluding hydrogens is 328 g/mol. The molecule has 1 aliphatic heterocycles. The number of methoxy groups -OCH3 is 1. The minimum Gasteiger partial charge on any atom is -0.467 e. The average molecular weight is 345 g/mol. The maximum Gasteiger partial charge on any atom is 0.329 e. The summed E-state index contributed by atoms with van der Waals surface area (Å²) < 4.78 is 10.2. The molecule has 0 amide bonds. The summed E-state index contributed by atoms with van der Waals surface area (Å²) in [6.07, 6.45) is 2.05. The van der Waals surface area contributed by atoms with E-state index < -0.39 is 16.9 Å². The first-order valence-corrected chi connectivity index (χ1v) is 7.48. The van der Waals surface area contributed by atoms with Crippen molar-refractivity contribution in [3.05, 3.63) is 21.6 Å². The molecule has 1 saturated heterocycles. The van der Waals surface area contributed by atoms with Gasteiger partial charge < -0.3 is 14.4 Å². The molecule has 0 spiro atoms. The Bertz CT molecular complexity index is 594. The maximum absolute atomic E-state index is 12.1. The van der Waals surface area contributed by atoms with Crippen LogP contribution < -0.4 is 4.90 Å². The van der Waals surface area contributed by atoms with Gasteiger partial charge in [-0.05, 0) is 24.4 Å². The van der Waals surface area contributed by atoms with E-state index in [2.05, 4.69) is 9.97 Å². The van der Waals surface area contributed by atoms with E-state index in [9.17, 15) is 14.9 Å². The number of carbonyl (C=O) groups is 1. The fraction of sp³-hybridized carbons (Fsp3) is 0.615. The number of hydrogen-bond donors (Lipinski definition) is 0. The van der Waals surface area contributed by atoms with Gasteiger partial charge >= 0.3 is 11.7 Å². The summed E-state index contributed by atoms with van der Waals surface area (Å²) in [4.78, 5) is 32.1. The number of aromatic nitrogens is 2. The molecule has 126 valence electrons. The van der Waals surface area contributed by atoms with Crippen molar-refractivity contribution in [2.45, 2.75) is 31.8 Å². The van der Waals surface area contributed by atoms with Crippen molar-refractivity contribution < 1.29 is 19.2 Å². The van der Waals surface area contributed by atoms with Crippen molar-refractivity contribution in [1.29, 1.82) is 0 Å². The van der Waals surface area contributed by atoms with Gasteiger partial charge in [-0.15, -0.1) is 0 Å². The predicted molar refractivity (Wildman–Crippen MR) is 81.5 cm³/mol. The van der Waals surface area contributed by atoms with Crippen LogP contribution in [0.2, 0.25) is 5.28 Å². The van der Waals surface area contributed by atoms with E-state index in [1.807, 2.05) is 0 Å². The molecule has 2 atom stereocenters. The van der Waals surface area contributed by atoms with E-state index in [0.717, 1.165) is 6.20 Å². The Kier molecular flexibility index (Phi) is 5.67. The minimum atomic E-state index is -0.726. The molecule has 1 aromatic rings. The van der Waals surface area contributed by atoms with Gasteiger partial charge in [-0.1, -0.05) is 6.92 Å². The van der Waals surface area contributed by atoms with E-state index in [0.29, 0.717) is 26.1 Å². The summed E-state index contributed by atoms with van der Waals surface area (Å²) in [7, 11) is 1.27. The first-order chi connectivity index (χ1) is 11.0. The van der Waals surface area contributed by atoms with Crippen molar-refractivity contribution in [2.75, 3.05) is 25.2 Å². The molecule has 2 rings (SSSR count). The molecule has 0 aliphatic carbocycles. The molecule has 1 fully saturated rings. The van der Waals surface area contributed by atoms with Crippen LogP contribution >= 0.6 is 11.6 Å². The Hall–Kier alpha value is -2.00. The summed E-state index contributed by atoms with van der Waals surface area (Å²) >= 11 is 5.81. The highest BCUT2D eigenvalue weighted by atomic mass is 35.5. The van der Waals surface area contributed by atoms with Gasteiger partial charge in [0, 0.05) is 6.61 Å². The number of nitrogens with zero attached hydrogens (tertiary/aromatic N) is 4. The topological polar surface area (TPSA) is 108 Å². The van der Waals surface area contributed by atoms with Crippen LogP contribution in [0.5, 0.6) is 0 Å². The van der Waals surface area contributed by atoms with Gasteiger partial charge in [0.25, 0.3) is 0 Å². The van der Waals surface area contributed by atoms with Gasteiger partial charge in [-0.2, -0.15) is 4.98 Å². The highest BCUT2D eigenvalue weighted by Crippen LogP contribution is 2.32. The summed E-state index contributed by atoms with van der Waals surface area (Å²) in [5, 5.41) is 11.2. The van der Waals surface area contributed by atoms with Gasteiger partial charge in [0.1, 0.15) is 12.2 Å². The van der Waals surface area contributed by atoms with Crippen LogP contribution in [-0.2, 0) is 14.3 Å². The van der Waals surface area contributed by atoms with Crippen LogP contribution in [0.4, 0.5) is 11.5 Å². The van der Waals surface area contributed by atoms with Crippen LogP contribution in [0.15, 0.2) is 6.20 Å². The zero-order chi connectivity index (χ0) is 17.0. The Labute approximate surface area is 137 Å². The van der Waals surface area contributed by atoms with E-state index in [4.69, 9.17) is 21.1 Å². The summed E-state index contributed by atoms with van der Waals surface area (Å²) in [5.74, 6) is -0.494. The van der Waals surface area contributed by atoms with Crippen molar-refractivity contribution in [3.8, 4) is 0 Å². The van der Waals surface area contributed by atoms with Crippen LogP contribution in [0.1, 0.15) is 19.8 Å². The molecule has 0 radical (unpaired) electrons. The molecule has 1 aliphatic rings. The van der Waals surface area contributed by atoms with Gasteiger partial charge in [0.2, 0.25) is 11.1 Å². The second kappa shape index (κ2) is 7.51. The van der Waals surface area contributed by atoms with E-state index in [-0.39, 0.29) is 22.8 Å². The second-order valence-corrected chi connectivity index (χ2v) is 5.31. The monoisotopic (exact) mass is 344 g/mol. The Morgan fingerprint density at radius 1 is 1.70 bits per heavy atom. The number of carbonyl (C=O) groups excluding carboxylic acids is 1. The molecule has 0 unspecified atom stereocenters. The third-order valence-corrected chi connectivity index (χ3v) is 3.84. The van der Waals surface area contributed by atoms with Crippen molar-refractivity contribution in [1.82, 2.24) is 9.97 Å². The number of anilines is 1. The smallest absolute Gasteiger partial charge is 0.329 e. The maximum atomic E-state index is 12.1. The van der Waals surface area contributed by atoms with Crippen molar-refractivity contribution in [2.24, 2.45) is 0 Å². The minimum absolute atomic E-state index is 0.00255. The number of rotatable bonds is 6. The number of hydrogen-bond acceptors (Lipinski definition) is 8. The van der Waals surface area contributed by atoms with Crippen LogP contribution in [0.3, 0.4) is 0 Å².